The van der Waals surface area contributed by atoms with Crippen LogP contribution in [0.25, 0.3) is 0 Å². The Bertz CT molecular complexity index is 232. The van der Waals surface area contributed by atoms with Crippen LogP contribution in [-0.2, 0) is 0 Å². The first kappa shape index (κ1) is 8.74. The van der Waals surface area contributed by atoms with E-state index in [-0.39, 0.29) is 0 Å². The van der Waals surface area contributed by atoms with E-state index in [1.807, 2.05) is 24.5 Å². The molecule has 0 saturated heterocycles. The molecule has 60 valence electrons. The second-order valence-electron chi connectivity index (χ2n) is 2.08. The lowest BCUT2D eigenvalue weighted by Gasteiger charge is -2.03. The summed E-state index contributed by atoms with van der Waals surface area (Å²) in [6.45, 7) is 0. The first-order chi connectivity index (χ1) is 5.22. The third-order valence-corrected chi connectivity index (χ3v) is 2.04. The number of halogens is 1. The average Bonchev–Trinajstić information content (AvgIpc) is 1.85. The van der Waals surface area contributed by atoms with Crippen LogP contribution in [0.3, 0.4) is 0 Å². The third-order valence-electron chi connectivity index (χ3n) is 1.14. The van der Waals surface area contributed by atoms with Crippen LogP contribution in [0.1, 0.15) is 0 Å². The maximum atomic E-state index is 5.61. The lowest BCUT2D eigenvalue weighted by atomic mass is 10.3. The summed E-state index contributed by atoms with van der Waals surface area (Å²) in [6.07, 6.45) is 1.97. The molecular formula is C7H9BrN2S. The monoisotopic (exact) mass is 232 g/mol. The number of nitrogen functional groups attached to an aromatic ring is 1. The summed E-state index contributed by atoms with van der Waals surface area (Å²) in [5, 5.41) is 0. The van der Waals surface area contributed by atoms with Crippen LogP contribution < -0.4 is 10.5 Å². The van der Waals surface area contributed by atoms with Crippen molar-refractivity contribution in [2.75, 3.05) is 16.7 Å². The number of nitrogens with one attached hydrogen (secondary N) is 1. The van der Waals surface area contributed by atoms with Gasteiger partial charge in [-0.15, -0.1) is 0 Å². The van der Waals surface area contributed by atoms with Crippen molar-refractivity contribution >= 4 is 39.3 Å². The second-order valence-corrected chi connectivity index (χ2v) is 3.61. The first-order valence-electron chi connectivity index (χ1n) is 3.07. The van der Waals surface area contributed by atoms with Crippen LogP contribution in [0.4, 0.5) is 11.4 Å². The molecular weight excluding hydrogens is 224 g/mol. The van der Waals surface area contributed by atoms with Gasteiger partial charge in [-0.2, -0.15) is 0 Å². The number of nitrogens with two attached hydrogens (primary N) is 1. The van der Waals surface area contributed by atoms with Crippen LogP contribution in [0.5, 0.6) is 0 Å². The molecule has 11 heavy (non-hydrogen) atoms. The van der Waals surface area contributed by atoms with Gasteiger partial charge in [0.25, 0.3) is 0 Å². The summed E-state index contributed by atoms with van der Waals surface area (Å²) in [7, 11) is 0. The summed E-state index contributed by atoms with van der Waals surface area (Å²) in [4.78, 5) is 0. The van der Waals surface area contributed by atoms with E-state index in [1.54, 1.807) is 11.9 Å². The van der Waals surface area contributed by atoms with E-state index >= 15 is 0 Å². The summed E-state index contributed by atoms with van der Waals surface area (Å²) >= 11 is 4.90. The van der Waals surface area contributed by atoms with Crippen molar-refractivity contribution in [3.63, 3.8) is 0 Å². The number of hydrogen-bond donors (Lipinski definition) is 2. The minimum absolute atomic E-state index is 0.760. The molecule has 0 amide bonds. The highest BCUT2D eigenvalue weighted by Crippen LogP contribution is 2.22. The van der Waals surface area contributed by atoms with Crippen molar-refractivity contribution in [2.24, 2.45) is 0 Å². The number of anilines is 2. The van der Waals surface area contributed by atoms with Gasteiger partial charge in [-0.3, -0.25) is 0 Å². The molecule has 0 aliphatic carbocycles. The Hall–Kier alpha value is -0.350. The van der Waals surface area contributed by atoms with Crippen molar-refractivity contribution in [3.05, 3.63) is 22.7 Å². The molecule has 1 aromatic rings. The molecule has 0 atom stereocenters. The van der Waals surface area contributed by atoms with Crippen LogP contribution in [0, 0.1) is 0 Å². The van der Waals surface area contributed by atoms with Crippen LogP contribution >= 0.6 is 27.9 Å². The van der Waals surface area contributed by atoms with Crippen molar-refractivity contribution < 1.29 is 0 Å². The largest absolute Gasteiger partial charge is 0.399 e. The normalized spacial score (nSPS) is 9.64. The summed E-state index contributed by atoms with van der Waals surface area (Å²) in [5.74, 6) is 0. The molecule has 1 rings (SSSR count). The fourth-order valence-corrected chi connectivity index (χ4v) is 1.65. The molecule has 2 nitrogen and oxygen atoms in total. The van der Waals surface area contributed by atoms with Gasteiger partial charge in [0.05, 0.1) is 0 Å². The molecule has 0 bridgehead atoms. The fourth-order valence-electron chi connectivity index (χ4n) is 0.789. The van der Waals surface area contributed by atoms with E-state index < -0.39 is 0 Å². The minimum Gasteiger partial charge on any atom is -0.399 e. The Kier molecular flexibility index (Phi) is 3.08. The van der Waals surface area contributed by atoms with Crippen molar-refractivity contribution in [1.82, 2.24) is 0 Å². The zero-order valence-electron chi connectivity index (χ0n) is 6.10. The van der Waals surface area contributed by atoms with Gasteiger partial charge in [-0.05, 0) is 18.2 Å². The molecule has 0 unspecified atom stereocenters. The Morgan fingerprint density at radius 3 is 2.73 bits per heavy atom. The number of hydrogen-bond acceptors (Lipinski definition) is 3. The van der Waals surface area contributed by atoms with Crippen molar-refractivity contribution in [3.8, 4) is 0 Å². The second kappa shape index (κ2) is 3.88. The first-order valence-corrected chi connectivity index (χ1v) is 5.09. The van der Waals surface area contributed by atoms with E-state index in [4.69, 9.17) is 5.73 Å². The van der Waals surface area contributed by atoms with Gasteiger partial charge in [0.15, 0.2) is 0 Å². The van der Waals surface area contributed by atoms with Gasteiger partial charge in [0, 0.05) is 22.1 Å². The van der Waals surface area contributed by atoms with Gasteiger partial charge in [-0.1, -0.05) is 27.9 Å². The molecule has 1 aromatic carbocycles. The predicted octanol–water partition coefficient (Wildman–Crippen LogP) is 2.72. The predicted molar refractivity (Wildman–Crippen MR) is 55.7 cm³/mol. The molecule has 0 spiro atoms. The van der Waals surface area contributed by atoms with Gasteiger partial charge in [-0.25, -0.2) is 0 Å². The van der Waals surface area contributed by atoms with E-state index in [1.165, 1.54) is 0 Å². The van der Waals surface area contributed by atoms with E-state index in [9.17, 15) is 0 Å². The third kappa shape index (κ3) is 2.63. The zero-order chi connectivity index (χ0) is 8.27. The van der Waals surface area contributed by atoms with E-state index in [2.05, 4.69) is 20.7 Å². The van der Waals surface area contributed by atoms with Gasteiger partial charge in [0.1, 0.15) is 0 Å². The maximum absolute atomic E-state index is 5.61. The molecule has 0 fully saturated rings. The topological polar surface area (TPSA) is 38.0 Å². The molecule has 0 aliphatic heterocycles. The fraction of sp³-hybridized carbons (Fsp3) is 0.143. The Balaban J connectivity index is 2.89. The van der Waals surface area contributed by atoms with Gasteiger partial charge < -0.3 is 10.5 Å². The highest BCUT2D eigenvalue weighted by molar-refractivity contribution is 9.10. The zero-order valence-corrected chi connectivity index (χ0v) is 8.50. The lowest BCUT2D eigenvalue weighted by molar-refractivity contribution is 1.62. The molecule has 0 radical (unpaired) electrons. The Morgan fingerprint density at radius 1 is 1.45 bits per heavy atom. The Labute approximate surface area is 78.8 Å². The molecule has 3 N–H and O–H groups in total. The van der Waals surface area contributed by atoms with Crippen molar-refractivity contribution in [2.45, 2.75) is 0 Å². The minimum atomic E-state index is 0.760. The van der Waals surface area contributed by atoms with Crippen LogP contribution in [-0.4, -0.2) is 6.26 Å². The highest BCUT2D eigenvalue weighted by Gasteiger charge is 1.94. The van der Waals surface area contributed by atoms with Crippen LogP contribution in [0.15, 0.2) is 22.7 Å². The smallest absolute Gasteiger partial charge is 0.0471 e. The molecule has 0 saturated carbocycles. The van der Waals surface area contributed by atoms with Crippen molar-refractivity contribution in [1.29, 1.82) is 0 Å². The quantitative estimate of drug-likeness (QED) is 0.609. The molecule has 0 heterocycles. The lowest BCUT2D eigenvalue weighted by Crippen LogP contribution is -1.88. The summed E-state index contributed by atoms with van der Waals surface area (Å²) in [6, 6.07) is 5.74. The highest BCUT2D eigenvalue weighted by atomic mass is 79.9. The summed E-state index contributed by atoms with van der Waals surface area (Å²) in [5.41, 5.74) is 7.39. The summed E-state index contributed by atoms with van der Waals surface area (Å²) < 4.78 is 4.09. The maximum Gasteiger partial charge on any atom is 0.0471 e. The van der Waals surface area contributed by atoms with Crippen LogP contribution in [0.2, 0.25) is 0 Å². The standard InChI is InChI=1S/C7H9BrN2S/c1-11-10-7-3-5(8)2-6(9)4-7/h2-4,10H,9H2,1H3. The molecule has 0 aliphatic rings. The van der Waals surface area contributed by atoms with Gasteiger partial charge >= 0.3 is 0 Å². The Morgan fingerprint density at radius 2 is 2.18 bits per heavy atom. The number of benzene rings is 1. The average molecular weight is 233 g/mol. The molecule has 4 heteroatoms. The van der Waals surface area contributed by atoms with E-state index in [0.717, 1.165) is 15.8 Å². The SMILES string of the molecule is CSNc1cc(N)cc(Br)c1. The molecule has 0 aromatic heterocycles. The van der Waals surface area contributed by atoms with E-state index in [0.29, 0.717) is 0 Å². The van der Waals surface area contributed by atoms with Gasteiger partial charge in [0.2, 0.25) is 0 Å². The number of rotatable bonds is 2.